The number of nitro benzene ring substituents is 1. The van der Waals surface area contributed by atoms with Gasteiger partial charge in [0.15, 0.2) is 6.10 Å². The zero-order chi connectivity index (χ0) is 16.8. The summed E-state index contributed by atoms with van der Waals surface area (Å²) in [6.07, 6.45) is -0.237. The molecule has 0 fully saturated rings. The molecule has 0 aliphatic rings. The molecular formula is C15H12ClN3O4. The lowest BCUT2D eigenvalue weighted by molar-refractivity contribution is -0.385. The van der Waals surface area contributed by atoms with Gasteiger partial charge in [-0.1, -0.05) is 41.9 Å². The van der Waals surface area contributed by atoms with Crippen LogP contribution in [0.5, 0.6) is 0 Å². The number of nitrogens with one attached hydrogen (secondary N) is 1. The SMILES string of the molecule is O=C(NN=Cc1ccccc1Cl)C(O)c1cccc([N+](=O)[O-])c1. The van der Waals surface area contributed by atoms with E-state index in [4.69, 9.17) is 11.6 Å². The van der Waals surface area contributed by atoms with Crippen LogP contribution >= 0.6 is 11.6 Å². The minimum absolute atomic E-state index is 0.102. The van der Waals surface area contributed by atoms with E-state index in [0.29, 0.717) is 10.6 Å². The van der Waals surface area contributed by atoms with E-state index >= 15 is 0 Å². The molecule has 7 nitrogen and oxygen atoms in total. The summed E-state index contributed by atoms with van der Waals surface area (Å²) in [6.45, 7) is 0. The number of carbonyl (C=O) groups excluding carboxylic acids is 1. The van der Waals surface area contributed by atoms with E-state index in [1.165, 1.54) is 24.4 Å². The van der Waals surface area contributed by atoms with E-state index in [1.807, 2.05) is 0 Å². The van der Waals surface area contributed by atoms with Gasteiger partial charge in [-0.15, -0.1) is 0 Å². The number of aliphatic hydroxyl groups excluding tert-OH is 1. The van der Waals surface area contributed by atoms with Crippen LogP contribution in [0.2, 0.25) is 5.02 Å². The number of nitro groups is 1. The second-order valence-electron chi connectivity index (χ2n) is 4.51. The molecule has 0 spiro atoms. The third-order valence-corrected chi connectivity index (χ3v) is 3.27. The smallest absolute Gasteiger partial charge is 0.273 e. The Labute approximate surface area is 136 Å². The van der Waals surface area contributed by atoms with Crippen molar-refractivity contribution in [3.63, 3.8) is 0 Å². The average Bonchev–Trinajstić information content (AvgIpc) is 2.56. The summed E-state index contributed by atoms with van der Waals surface area (Å²) in [7, 11) is 0. The molecule has 2 N–H and O–H groups in total. The zero-order valence-electron chi connectivity index (χ0n) is 11.7. The number of hydrogen-bond acceptors (Lipinski definition) is 5. The Morgan fingerprint density at radius 2 is 2.04 bits per heavy atom. The van der Waals surface area contributed by atoms with Gasteiger partial charge in [0.1, 0.15) is 0 Å². The molecule has 8 heteroatoms. The van der Waals surface area contributed by atoms with Crippen molar-refractivity contribution in [1.29, 1.82) is 0 Å². The minimum Gasteiger partial charge on any atom is -0.378 e. The molecule has 118 valence electrons. The summed E-state index contributed by atoms with van der Waals surface area (Å²) in [5.74, 6) is -0.811. The fourth-order valence-electron chi connectivity index (χ4n) is 1.77. The van der Waals surface area contributed by atoms with E-state index in [1.54, 1.807) is 24.3 Å². The lowest BCUT2D eigenvalue weighted by Gasteiger charge is -2.08. The number of hydrogen-bond donors (Lipinski definition) is 2. The van der Waals surface area contributed by atoms with Gasteiger partial charge in [0.25, 0.3) is 11.6 Å². The van der Waals surface area contributed by atoms with Crippen molar-refractivity contribution in [2.24, 2.45) is 5.10 Å². The van der Waals surface area contributed by atoms with Crippen LogP contribution in [0, 0.1) is 10.1 Å². The maximum absolute atomic E-state index is 11.8. The van der Waals surface area contributed by atoms with Crippen molar-refractivity contribution in [2.75, 3.05) is 0 Å². The fraction of sp³-hybridized carbons (Fsp3) is 0.0667. The van der Waals surface area contributed by atoms with Crippen LogP contribution in [0.4, 0.5) is 5.69 Å². The molecule has 0 aromatic heterocycles. The minimum atomic E-state index is -1.57. The van der Waals surface area contributed by atoms with Crippen LogP contribution in [0.1, 0.15) is 17.2 Å². The van der Waals surface area contributed by atoms with Crippen LogP contribution in [0.25, 0.3) is 0 Å². The van der Waals surface area contributed by atoms with E-state index in [0.717, 1.165) is 6.07 Å². The van der Waals surface area contributed by atoms with Gasteiger partial charge in [0, 0.05) is 22.7 Å². The number of halogens is 1. The molecule has 1 amide bonds. The van der Waals surface area contributed by atoms with Crippen molar-refractivity contribution < 1.29 is 14.8 Å². The molecule has 0 saturated carbocycles. The summed E-state index contributed by atoms with van der Waals surface area (Å²) in [6, 6.07) is 12.1. The van der Waals surface area contributed by atoms with Crippen LogP contribution in [-0.4, -0.2) is 22.2 Å². The average molecular weight is 334 g/mol. The number of amides is 1. The number of benzene rings is 2. The molecule has 1 atom stereocenters. The molecule has 0 aliphatic carbocycles. The van der Waals surface area contributed by atoms with Crippen LogP contribution in [0.15, 0.2) is 53.6 Å². The van der Waals surface area contributed by atoms with Crippen LogP contribution in [-0.2, 0) is 4.79 Å². The first kappa shape index (κ1) is 16.6. The van der Waals surface area contributed by atoms with Gasteiger partial charge in [0.2, 0.25) is 0 Å². The summed E-state index contributed by atoms with van der Waals surface area (Å²) in [5, 5.41) is 24.8. The van der Waals surface area contributed by atoms with Gasteiger partial charge in [0.05, 0.1) is 11.1 Å². The monoisotopic (exact) mass is 333 g/mol. The van der Waals surface area contributed by atoms with Crippen molar-refractivity contribution in [2.45, 2.75) is 6.10 Å². The highest BCUT2D eigenvalue weighted by Crippen LogP contribution is 2.19. The number of non-ortho nitro benzene ring substituents is 1. The van der Waals surface area contributed by atoms with Gasteiger partial charge >= 0.3 is 0 Å². The Morgan fingerprint density at radius 3 is 2.74 bits per heavy atom. The molecule has 1 unspecified atom stereocenters. The Morgan fingerprint density at radius 1 is 1.30 bits per heavy atom. The predicted octanol–water partition coefficient (Wildman–Crippen LogP) is 2.43. The van der Waals surface area contributed by atoms with Crippen molar-refractivity contribution in [3.8, 4) is 0 Å². The molecule has 2 aromatic carbocycles. The first-order valence-corrected chi connectivity index (χ1v) is 6.86. The number of nitrogens with zero attached hydrogens (tertiary/aromatic N) is 2. The Balaban J connectivity index is 2.04. The highest BCUT2D eigenvalue weighted by Gasteiger charge is 2.19. The second-order valence-corrected chi connectivity index (χ2v) is 4.92. The molecule has 0 saturated heterocycles. The number of rotatable bonds is 5. The van der Waals surface area contributed by atoms with Crippen molar-refractivity contribution >= 4 is 29.4 Å². The van der Waals surface area contributed by atoms with E-state index in [2.05, 4.69) is 10.5 Å². The Bertz CT molecular complexity index is 764. The third kappa shape index (κ3) is 4.35. The molecule has 2 aromatic rings. The molecule has 2 rings (SSSR count). The molecular weight excluding hydrogens is 322 g/mol. The Hall–Kier alpha value is -2.77. The second kappa shape index (κ2) is 7.48. The maximum Gasteiger partial charge on any atom is 0.273 e. The highest BCUT2D eigenvalue weighted by atomic mass is 35.5. The standard InChI is InChI=1S/C15H12ClN3O4/c16-13-7-2-1-4-11(13)9-17-18-15(21)14(20)10-5-3-6-12(8-10)19(22)23/h1-9,14,20H,(H,18,21). The van der Waals surface area contributed by atoms with Crippen LogP contribution < -0.4 is 5.43 Å². The molecule has 0 heterocycles. The van der Waals surface area contributed by atoms with Gasteiger partial charge < -0.3 is 5.11 Å². The number of carbonyl (C=O) groups is 1. The van der Waals surface area contributed by atoms with E-state index in [-0.39, 0.29) is 11.3 Å². The molecule has 0 aliphatic heterocycles. The first-order chi connectivity index (χ1) is 11.0. The first-order valence-electron chi connectivity index (χ1n) is 6.49. The largest absolute Gasteiger partial charge is 0.378 e. The summed E-state index contributed by atoms with van der Waals surface area (Å²) in [5.41, 5.74) is 2.64. The van der Waals surface area contributed by atoms with Crippen molar-refractivity contribution in [1.82, 2.24) is 5.43 Å². The van der Waals surface area contributed by atoms with Crippen molar-refractivity contribution in [3.05, 3.63) is 74.8 Å². The van der Waals surface area contributed by atoms with Gasteiger partial charge in [-0.25, -0.2) is 5.43 Å². The summed E-state index contributed by atoms with van der Waals surface area (Å²) >= 11 is 5.93. The summed E-state index contributed by atoms with van der Waals surface area (Å²) < 4.78 is 0. The number of hydrazone groups is 1. The quantitative estimate of drug-likeness (QED) is 0.498. The fourth-order valence-corrected chi connectivity index (χ4v) is 1.95. The third-order valence-electron chi connectivity index (χ3n) is 2.93. The Kier molecular flexibility index (Phi) is 5.40. The van der Waals surface area contributed by atoms with Gasteiger partial charge in [-0.05, 0) is 11.6 Å². The molecule has 0 radical (unpaired) electrons. The van der Waals surface area contributed by atoms with Crippen LogP contribution in [0.3, 0.4) is 0 Å². The topological polar surface area (TPSA) is 105 Å². The zero-order valence-corrected chi connectivity index (χ0v) is 12.5. The van der Waals surface area contributed by atoms with E-state index in [9.17, 15) is 20.0 Å². The summed E-state index contributed by atoms with van der Waals surface area (Å²) in [4.78, 5) is 21.9. The van der Waals surface area contributed by atoms with E-state index < -0.39 is 16.9 Å². The highest BCUT2D eigenvalue weighted by molar-refractivity contribution is 6.33. The number of aliphatic hydroxyl groups is 1. The lowest BCUT2D eigenvalue weighted by atomic mass is 10.1. The normalized spacial score (nSPS) is 12.1. The predicted molar refractivity (Wildman–Crippen MR) is 85.2 cm³/mol. The van der Waals surface area contributed by atoms with Gasteiger partial charge in [-0.3, -0.25) is 14.9 Å². The lowest BCUT2D eigenvalue weighted by Crippen LogP contribution is -2.25. The van der Waals surface area contributed by atoms with Gasteiger partial charge in [-0.2, -0.15) is 5.10 Å². The maximum atomic E-state index is 11.8. The molecule has 23 heavy (non-hydrogen) atoms. The molecule has 0 bridgehead atoms.